The van der Waals surface area contributed by atoms with Crippen LogP contribution in [0.15, 0.2) is 35.4 Å². The average molecular weight is 496 g/mol. The Bertz CT molecular complexity index is 1030. The number of hydrogen-bond acceptors (Lipinski definition) is 9. The first kappa shape index (κ1) is 26.1. The van der Waals surface area contributed by atoms with E-state index in [0.29, 0.717) is 37.7 Å². The van der Waals surface area contributed by atoms with E-state index in [0.717, 1.165) is 19.4 Å². The van der Waals surface area contributed by atoms with Crippen LogP contribution in [-0.2, 0) is 32.5 Å². The van der Waals surface area contributed by atoms with E-state index in [1.165, 1.54) is 12.1 Å². The highest BCUT2D eigenvalue weighted by atomic mass is 32.2. The lowest BCUT2D eigenvalue weighted by atomic mass is 9.95. The third kappa shape index (κ3) is 5.74. The number of piperidine rings is 1. The molecule has 1 fully saturated rings. The molecule has 188 valence electrons. The monoisotopic (exact) mass is 495 g/mol. The number of nitrogens with zero attached hydrogens (tertiary/aromatic N) is 4. The van der Waals surface area contributed by atoms with Crippen molar-refractivity contribution in [2.24, 2.45) is 0 Å². The number of methoxy groups -OCH3 is 1. The van der Waals surface area contributed by atoms with Crippen LogP contribution in [0.25, 0.3) is 0 Å². The van der Waals surface area contributed by atoms with Crippen LogP contribution < -0.4 is 10.2 Å². The average Bonchev–Trinajstić information content (AvgIpc) is 3.32. The van der Waals surface area contributed by atoms with E-state index in [4.69, 9.17) is 9.47 Å². The highest BCUT2D eigenvalue weighted by Crippen LogP contribution is 2.36. The molecule has 2 aromatic rings. The number of ether oxygens (including phenoxy) is 2. The number of nitrogens with one attached hydrogen (secondary N) is 1. The second kappa shape index (κ2) is 11.7. The molecule has 2 N–H and O–H groups in total. The molecule has 0 saturated carbocycles. The van der Waals surface area contributed by atoms with E-state index in [2.05, 4.69) is 17.2 Å². The Morgan fingerprint density at radius 3 is 2.53 bits per heavy atom. The number of benzene rings is 1. The Hall–Kier alpha value is -2.54. The van der Waals surface area contributed by atoms with E-state index in [1.807, 2.05) is 11.1 Å². The first-order valence-corrected chi connectivity index (χ1v) is 12.9. The summed E-state index contributed by atoms with van der Waals surface area (Å²) < 4.78 is 37.9. The van der Waals surface area contributed by atoms with Crippen LogP contribution in [0.4, 0.5) is 0 Å². The van der Waals surface area contributed by atoms with Crippen molar-refractivity contribution in [3.63, 3.8) is 0 Å². The molecule has 11 nitrogen and oxygen atoms in total. The minimum absolute atomic E-state index is 0.000647. The number of aryl methyl sites for hydroxylation is 1. The highest BCUT2D eigenvalue weighted by Gasteiger charge is 2.52. The lowest BCUT2D eigenvalue weighted by Gasteiger charge is -2.39. The van der Waals surface area contributed by atoms with Gasteiger partial charge in [0.25, 0.3) is 5.91 Å². The molecule has 1 aromatic heterocycles. The van der Waals surface area contributed by atoms with Crippen molar-refractivity contribution >= 4 is 15.7 Å². The second-order valence-corrected chi connectivity index (χ2v) is 10.6. The Labute approximate surface area is 199 Å². The van der Waals surface area contributed by atoms with E-state index in [9.17, 15) is 18.4 Å². The summed E-state index contributed by atoms with van der Waals surface area (Å²) >= 11 is 0. The third-order valence-electron chi connectivity index (χ3n) is 6.15. The fraction of sp³-hybridized carbons (Fsp3) is 0.591. The standard InChI is InChI=1S/C22H33N5O6S/c1-3-4-11-27-16-18(23-25-27)17-33-19-5-7-20(8-6-19)34(30,31)22(21(28)24-29)9-12-26(13-10-22)14-15-32-2/h5-8,16,29H,3-4,9-15,17H2,1-2H3,(H,24,28). The van der Waals surface area contributed by atoms with Crippen molar-refractivity contribution in [2.75, 3.05) is 33.4 Å². The van der Waals surface area contributed by atoms with Crippen molar-refractivity contribution in [2.45, 2.75) is 55.4 Å². The third-order valence-corrected chi connectivity index (χ3v) is 8.67. The first-order valence-electron chi connectivity index (χ1n) is 11.4. The Balaban J connectivity index is 1.69. The van der Waals surface area contributed by atoms with Gasteiger partial charge in [-0.05, 0) is 43.5 Å². The van der Waals surface area contributed by atoms with Gasteiger partial charge in [0.05, 0.1) is 17.7 Å². The number of likely N-dealkylation sites (tertiary alicyclic amines) is 1. The predicted molar refractivity (Wildman–Crippen MR) is 123 cm³/mol. The van der Waals surface area contributed by atoms with Gasteiger partial charge in [-0.2, -0.15) is 0 Å². The Kier molecular flexibility index (Phi) is 9.00. The van der Waals surface area contributed by atoms with Gasteiger partial charge < -0.3 is 14.4 Å². The molecule has 0 bridgehead atoms. The maximum Gasteiger partial charge on any atom is 0.265 e. The number of hydrogen-bond donors (Lipinski definition) is 2. The van der Waals surface area contributed by atoms with Crippen molar-refractivity contribution in [1.82, 2.24) is 25.4 Å². The van der Waals surface area contributed by atoms with Crippen LogP contribution in [0, 0.1) is 0 Å². The number of hydroxylamine groups is 1. The number of carbonyl (C=O) groups is 1. The van der Waals surface area contributed by atoms with Gasteiger partial charge >= 0.3 is 0 Å². The predicted octanol–water partition coefficient (Wildman–Crippen LogP) is 1.42. The molecule has 34 heavy (non-hydrogen) atoms. The first-order chi connectivity index (χ1) is 16.4. The summed E-state index contributed by atoms with van der Waals surface area (Å²) in [6, 6.07) is 5.94. The summed E-state index contributed by atoms with van der Waals surface area (Å²) in [4.78, 5) is 14.6. The molecule has 0 aliphatic carbocycles. The van der Waals surface area contributed by atoms with Gasteiger partial charge in [-0.1, -0.05) is 18.6 Å². The SMILES string of the molecule is CCCCn1cc(COc2ccc(S(=O)(=O)C3(C(=O)NO)CCN(CCOC)CC3)cc2)nn1. The van der Waals surface area contributed by atoms with E-state index in [-0.39, 0.29) is 24.3 Å². The summed E-state index contributed by atoms with van der Waals surface area (Å²) in [7, 11) is -2.48. The zero-order valence-electron chi connectivity index (χ0n) is 19.6. The van der Waals surface area contributed by atoms with Gasteiger partial charge in [0.15, 0.2) is 14.6 Å². The molecule has 0 atom stereocenters. The fourth-order valence-corrected chi connectivity index (χ4v) is 5.97. The minimum atomic E-state index is -4.08. The summed E-state index contributed by atoms with van der Waals surface area (Å²) in [5.74, 6) is -0.442. The lowest BCUT2D eigenvalue weighted by Crippen LogP contribution is -2.57. The molecule has 0 spiro atoms. The number of aromatic nitrogens is 3. The molecular weight excluding hydrogens is 462 g/mol. The molecule has 12 heteroatoms. The normalized spacial score (nSPS) is 16.3. The Morgan fingerprint density at radius 2 is 1.91 bits per heavy atom. The lowest BCUT2D eigenvalue weighted by molar-refractivity contribution is -0.133. The van der Waals surface area contributed by atoms with Crippen LogP contribution >= 0.6 is 0 Å². The van der Waals surface area contributed by atoms with Gasteiger partial charge in [0, 0.05) is 33.3 Å². The second-order valence-electron chi connectivity index (χ2n) is 8.36. The largest absolute Gasteiger partial charge is 0.487 e. The molecule has 0 radical (unpaired) electrons. The summed E-state index contributed by atoms with van der Waals surface area (Å²) in [6.07, 6.45) is 4.04. The van der Waals surface area contributed by atoms with E-state index < -0.39 is 20.5 Å². The quantitative estimate of drug-likeness (QED) is 0.331. The molecule has 1 amide bonds. The maximum atomic E-state index is 13.5. The highest BCUT2D eigenvalue weighted by molar-refractivity contribution is 7.93. The number of rotatable bonds is 12. The molecule has 1 aliphatic rings. The minimum Gasteiger partial charge on any atom is -0.487 e. The smallest absolute Gasteiger partial charge is 0.265 e. The summed E-state index contributed by atoms with van der Waals surface area (Å²) in [6.45, 7) is 5.06. The molecule has 1 aromatic carbocycles. The van der Waals surface area contributed by atoms with Gasteiger partial charge in [0.1, 0.15) is 18.1 Å². The van der Waals surface area contributed by atoms with Gasteiger partial charge in [-0.3, -0.25) is 14.7 Å². The molecular formula is C22H33N5O6S. The van der Waals surface area contributed by atoms with Crippen molar-refractivity contribution in [3.05, 3.63) is 36.2 Å². The number of amides is 1. The number of unbranched alkanes of at least 4 members (excludes halogenated alkanes) is 1. The van der Waals surface area contributed by atoms with Gasteiger partial charge in [0.2, 0.25) is 0 Å². The number of carbonyl (C=O) groups excluding carboxylic acids is 1. The van der Waals surface area contributed by atoms with Crippen LogP contribution in [-0.4, -0.2) is 77.5 Å². The molecule has 1 aliphatic heterocycles. The maximum absolute atomic E-state index is 13.5. The zero-order valence-corrected chi connectivity index (χ0v) is 20.5. The van der Waals surface area contributed by atoms with Gasteiger partial charge in [-0.15, -0.1) is 5.10 Å². The molecule has 3 rings (SSSR count). The summed E-state index contributed by atoms with van der Waals surface area (Å²) in [5.41, 5.74) is 2.25. The van der Waals surface area contributed by atoms with Crippen molar-refractivity contribution in [1.29, 1.82) is 0 Å². The summed E-state index contributed by atoms with van der Waals surface area (Å²) in [5, 5.41) is 17.4. The number of sulfone groups is 1. The molecule has 2 heterocycles. The molecule has 1 saturated heterocycles. The van der Waals surface area contributed by atoms with Crippen molar-refractivity contribution in [3.8, 4) is 5.75 Å². The fourth-order valence-electron chi connectivity index (χ4n) is 4.01. The van der Waals surface area contributed by atoms with Crippen LogP contribution in [0.3, 0.4) is 0 Å². The Morgan fingerprint density at radius 1 is 1.21 bits per heavy atom. The van der Waals surface area contributed by atoms with E-state index in [1.54, 1.807) is 29.4 Å². The van der Waals surface area contributed by atoms with E-state index >= 15 is 0 Å². The van der Waals surface area contributed by atoms with Crippen molar-refractivity contribution < 1.29 is 27.9 Å². The van der Waals surface area contributed by atoms with Crippen LogP contribution in [0.5, 0.6) is 5.75 Å². The van der Waals surface area contributed by atoms with Crippen LogP contribution in [0.1, 0.15) is 38.3 Å². The van der Waals surface area contributed by atoms with Crippen LogP contribution in [0.2, 0.25) is 0 Å². The molecule has 0 unspecified atom stereocenters. The van der Waals surface area contributed by atoms with Gasteiger partial charge in [-0.25, -0.2) is 13.9 Å². The topological polar surface area (TPSA) is 136 Å². The zero-order chi connectivity index (χ0) is 24.6.